The minimum absolute atomic E-state index is 0.133. The lowest BCUT2D eigenvalue weighted by atomic mass is 10.4. The molecule has 2 aromatic heterocycles. The van der Waals surface area contributed by atoms with Crippen molar-refractivity contribution in [3.63, 3.8) is 0 Å². The first kappa shape index (κ1) is 11.3. The molecular weight excluding hydrogens is 256 g/mol. The summed E-state index contributed by atoms with van der Waals surface area (Å²) in [7, 11) is 0. The number of hydrogen-bond donors (Lipinski definition) is 2. The first-order valence-electron chi connectivity index (χ1n) is 5.47. The fourth-order valence-corrected chi connectivity index (χ4v) is 2.28. The van der Waals surface area contributed by atoms with E-state index in [0.29, 0.717) is 22.2 Å². The maximum absolute atomic E-state index is 11.8. The van der Waals surface area contributed by atoms with Gasteiger partial charge in [0.1, 0.15) is 5.39 Å². The van der Waals surface area contributed by atoms with E-state index in [1.165, 1.54) is 6.20 Å². The zero-order valence-corrected chi connectivity index (χ0v) is 10.1. The summed E-state index contributed by atoms with van der Waals surface area (Å²) in [6.45, 7) is 0. The number of carbonyl (C=O) groups is 1. The summed E-state index contributed by atoms with van der Waals surface area (Å²) in [4.78, 5) is 29.1. The smallest absolute Gasteiger partial charge is 0.313 e. The highest BCUT2D eigenvalue weighted by Crippen LogP contribution is 2.35. The molecule has 0 radical (unpaired) electrons. The second-order valence-electron chi connectivity index (χ2n) is 4.11. The van der Waals surface area contributed by atoms with Gasteiger partial charge in [-0.3, -0.25) is 9.59 Å². The van der Waals surface area contributed by atoms with Crippen LogP contribution in [-0.2, 0) is 4.79 Å². The molecule has 94 valence electrons. The quantitative estimate of drug-likeness (QED) is 0.622. The summed E-state index contributed by atoms with van der Waals surface area (Å²) in [6.07, 6.45) is 3.59. The Balaban J connectivity index is 2.03. The van der Waals surface area contributed by atoms with Gasteiger partial charge in [0.2, 0.25) is 0 Å². The van der Waals surface area contributed by atoms with E-state index in [0.717, 1.165) is 24.6 Å². The molecule has 1 saturated carbocycles. The standard InChI is InChI=1S/C10H10N4O3S/c15-7(16)4-18-10-12-8-6(9(17)13-10)3-11-14(8)5-1-2-5/h3,5H,1-2,4H2,(H,15,16)(H,12,13,17). The van der Waals surface area contributed by atoms with E-state index >= 15 is 0 Å². The van der Waals surface area contributed by atoms with Crippen molar-refractivity contribution in [1.82, 2.24) is 19.7 Å². The monoisotopic (exact) mass is 266 g/mol. The van der Waals surface area contributed by atoms with Crippen LogP contribution in [0.2, 0.25) is 0 Å². The van der Waals surface area contributed by atoms with Crippen LogP contribution in [0.4, 0.5) is 0 Å². The van der Waals surface area contributed by atoms with Crippen molar-refractivity contribution in [3.8, 4) is 0 Å². The fraction of sp³-hybridized carbons (Fsp3) is 0.400. The molecule has 1 fully saturated rings. The van der Waals surface area contributed by atoms with Crippen molar-refractivity contribution in [1.29, 1.82) is 0 Å². The third kappa shape index (κ3) is 1.99. The Morgan fingerprint density at radius 1 is 1.61 bits per heavy atom. The fourth-order valence-electron chi connectivity index (χ4n) is 1.70. The summed E-state index contributed by atoms with van der Waals surface area (Å²) in [5.41, 5.74) is 0.258. The Bertz CT molecular complexity index is 673. The van der Waals surface area contributed by atoms with Gasteiger partial charge in [-0.15, -0.1) is 0 Å². The van der Waals surface area contributed by atoms with Crippen LogP contribution < -0.4 is 5.56 Å². The number of fused-ring (bicyclic) bond motifs is 1. The molecule has 3 rings (SSSR count). The van der Waals surface area contributed by atoms with Crippen LogP contribution in [0.15, 0.2) is 16.1 Å². The van der Waals surface area contributed by atoms with Gasteiger partial charge in [0.05, 0.1) is 18.0 Å². The number of carboxylic acid groups (broad SMARTS) is 1. The highest BCUT2D eigenvalue weighted by atomic mass is 32.2. The molecule has 2 heterocycles. The van der Waals surface area contributed by atoms with Gasteiger partial charge in [-0.25, -0.2) is 9.67 Å². The predicted octanol–water partition coefficient (Wildman–Crippen LogP) is 0.631. The van der Waals surface area contributed by atoms with Crippen LogP contribution in [0.25, 0.3) is 11.0 Å². The maximum atomic E-state index is 11.8. The van der Waals surface area contributed by atoms with Gasteiger partial charge in [-0.05, 0) is 12.8 Å². The topological polar surface area (TPSA) is 101 Å². The minimum Gasteiger partial charge on any atom is -0.481 e. The SMILES string of the molecule is O=C(O)CSc1nc2c(cnn2C2CC2)c(=O)[nH]1. The minimum atomic E-state index is -0.946. The molecule has 0 amide bonds. The molecule has 0 bridgehead atoms. The van der Waals surface area contributed by atoms with Crippen molar-refractivity contribution >= 4 is 28.8 Å². The average Bonchev–Trinajstić information content (AvgIpc) is 3.07. The lowest BCUT2D eigenvalue weighted by Crippen LogP contribution is -2.11. The number of hydrogen-bond acceptors (Lipinski definition) is 5. The van der Waals surface area contributed by atoms with Gasteiger partial charge in [-0.2, -0.15) is 5.10 Å². The third-order valence-corrected chi connectivity index (χ3v) is 3.52. The van der Waals surface area contributed by atoms with E-state index in [1.807, 2.05) is 0 Å². The summed E-state index contributed by atoms with van der Waals surface area (Å²) < 4.78 is 1.75. The zero-order valence-electron chi connectivity index (χ0n) is 9.29. The Labute approximate surface area is 105 Å². The molecule has 0 atom stereocenters. The molecule has 0 aliphatic heterocycles. The Morgan fingerprint density at radius 2 is 2.39 bits per heavy atom. The average molecular weight is 266 g/mol. The van der Waals surface area contributed by atoms with E-state index < -0.39 is 5.97 Å². The van der Waals surface area contributed by atoms with Crippen molar-refractivity contribution in [2.24, 2.45) is 0 Å². The van der Waals surface area contributed by atoms with Gasteiger partial charge in [0.15, 0.2) is 10.8 Å². The highest BCUT2D eigenvalue weighted by Gasteiger charge is 2.27. The van der Waals surface area contributed by atoms with Crippen molar-refractivity contribution in [3.05, 3.63) is 16.6 Å². The molecule has 0 aromatic carbocycles. The van der Waals surface area contributed by atoms with Gasteiger partial charge < -0.3 is 10.1 Å². The highest BCUT2D eigenvalue weighted by molar-refractivity contribution is 7.99. The van der Waals surface area contributed by atoms with E-state index in [4.69, 9.17) is 5.11 Å². The normalized spacial score (nSPS) is 15.1. The Hall–Kier alpha value is -1.83. The number of aromatic amines is 1. The number of H-pyrrole nitrogens is 1. The number of carboxylic acids is 1. The zero-order chi connectivity index (χ0) is 12.7. The number of aliphatic carboxylic acids is 1. The third-order valence-electron chi connectivity index (χ3n) is 2.67. The van der Waals surface area contributed by atoms with E-state index in [-0.39, 0.29) is 11.3 Å². The molecule has 18 heavy (non-hydrogen) atoms. The lowest BCUT2D eigenvalue weighted by molar-refractivity contribution is -0.133. The predicted molar refractivity (Wildman–Crippen MR) is 64.8 cm³/mol. The van der Waals surface area contributed by atoms with Gasteiger partial charge in [0, 0.05) is 0 Å². The first-order valence-corrected chi connectivity index (χ1v) is 6.46. The van der Waals surface area contributed by atoms with Crippen LogP contribution in [-0.4, -0.2) is 36.6 Å². The summed E-state index contributed by atoms with van der Waals surface area (Å²) >= 11 is 0.994. The molecular formula is C10H10N4O3S. The van der Waals surface area contributed by atoms with Gasteiger partial charge in [0.25, 0.3) is 5.56 Å². The maximum Gasteiger partial charge on any atom is 0.313 e. The lowest BCUT2D eigenvalue weighted by Gasteiger charge is -2.01. The van der Waals surface area contributed by atoms with Crippen molar-refractivity contribution in [2.75, 3.05) is 5.75 Å². The molecule has 0 spiro atoms. The Kier molecular flexibility index (Phi) is 2.58. The van der Waals surface area contributed by atoms with Crippen LogP contribution in [0.3, 0.4) is 0 Å². The first-order chi connectivity index (χ1) is 8.65. The van der Waals surface area contributed by atoms with Crippen LogP contribution in [0, 0.1) is 0 Å². The Morgan fingerprint density at radius 3 is 3.06 bits per heavy atom. The van der Waals surface area contributed by atoms with E-state index in [9.17, 15) is 9.59 Å². The molecule has 0 saturated heterocycles. The number of thioether (sulfide) groups is 1. The number of aromatic nitrogens is 4. The van der Waals surface area contributed by atoms with Gasteiger partial charge >= 0.3 is 5.97 Å². The largest absolute Gasteiger partial charge is 0.481 e. The molecule has 1 aliphatic rings. The molecule has 1 aliphatic carbocycles. The molecule has 8 heteroatoms. The number of nitrogens with one attached hydrogen (secondary N) is 1. The summed E-state index contributed by atoms with van der Waals surface area (Å²) in [6, 6.07) is 0.328. The van der Waals surface area contributed by atoms with E-state index in [1.54, 1.807) is 4.68 Å². The summed E-state index contributed by atoms with van der Waals surface area (Å²) in [5, 5.41) is 13.5. The number of rotatable bonds is 4. The van der Waals surface area contributed by atoms with Crippen LogP contribution in [0.1, 0.15) is 18.9 Å². The molecule has 7 nitrogen and oxygen atoms in total. The molecule has 2 N–H and O–H groups in total. The summed E-state index contributed by atoms with van der Waals surface area (Å²) in [5.74, 6) is -1.08. The van der Waals surface area contributed by atoms with Crippen molar-refractivity contribution in [2.45, 2.75) is 24.0 Å². The molecule has 2 aromatic rings. The van der Waals surface area contributed by atoms with Gasteiger partial charge in [-0.1, -0.05) is 11.8 Å². The number of nitrogens with zero attached hydrogens (tertiary/aromatic N) is 3. The van der Waals surface area contributed by atoms with Crippen LogP contribution >= 0.6 is 11.8 Å². The van der Waals surface area contributed by atoms with Crippen molar-refractivity contribution < 1.29 is 9.90 Å². The second kappa shape index (κ2) is 4.13. The second-order valence-corrected chi connectivity index (χ2v) is 5.08. The van der Waals surface area contributed by atoms with E-state index in [2.05, 4.69) is 15.1 Å². The van der Waals surface area contributed by atoms with Crippen LogP contribution in [0.5, 0.6) is 0 Å². The molecule has 0 unspecified atom stereocenters.